The molecule has 0 fully saturated rings. The van der Waals surface area contributed by atoms with Crippen molar-refractivity contribution in [3.63, 3.8) is 0 Å². The van der Waals surface area contributed by atoms with Crippen LogP contribution in [0.3, 0.4) is 0 Å². The number of nitrogens with zero attached hydrogens (tertiary/aromatic N) is 1. The standard InChI is InChI=1S/C11H16ClNO2/c1-2-3-4-5-15-11-10(12)6-9(8-14)7-13-11/h6-7,14H,2-5,8H2,1H3. The van der Waals surface area contributed by atoms with E-state index in [0.29, 0.717) is 23.1 Å². The average Bonchev–Trinajstić information content (AvgIpc) is 2.26. The van der Waals surface area contributed by atoms with Gasteiger partial charge >= 0.3 is 0 Å². The van der Waals surface area contributed by atoms with E-state index in [2.05, 4.69) is 11.9 Å². The first-order valence-corrected chi connectivity index (χ1v) is 5.53. The third kappa shape index (κ3) is 4.06. The Hall–Kier alpha value is -0.800. The predicted octanol–water partition coefficient (Wildman–Crippen LogP) is 2.80. The van der Waals surface area contributed by atoms with Gasteiger partial charge < -0.3 is 9.84 Å². The van der Waals surface area contributed by atoms with E-state index >= 15 is 0 Å². The van der Waals surface area contributed by atoms with Crippen molar-refractivity contribution in [3.8, 4) is 5.88 Å². The van der Waals surface area contributed by atoms with Crippen molar-refractivity contribution in [3.05, 3.63) is 22.8 Å². The number of pyridine rings is 1. The molecule has 1 heterocycles. The Morgan fingerprint density at radius 2 is 2.27 bits per heavy atom. The van der Waals surface area contributed by atoms with Crippen LogP contribution in [0.5, 0.6) is 5.88 Å². The number of rotatable bonds is 6. The van der Waals surface area contributed by atoms with E-state index < -0.39 is 0 Å². The van der Waals surface area contributed by atoms with Crippen molar-refractivity contribution in [1.82, 2.24) is 4.98 Å². The molecule has 0 aliphatic rings. The lowest BCUT2D eigenvalue weighted by atomic mass is 10.3. The first kappa shape index (κ1) is 12.3. The SMILES string of the molecule is CCCCCOc1ncc(CO)cc1Cl. The second kappa shape index (κ2) is 6.64. The molecule has 0 spiro atoms. The summed E-state index contributed by atoms with van der Waals surface area (Å²) in [7, 11) is 0. The Morgan fingerprint density at radius 3 is 2.87 bits per heavy atom. The molecule has 0 unspecified atom stereocenters. The molecular weight excluding hydrogens is 214 g/mol. The molecule has 1 N–H and O–H groups in total. The lowest BCUT2D eigenvalue weighted by Gasteiger charge is -2.07. The molecule has 0 aromatic carbocycles. The molecule has 3 nitrogen and oxygen atoms in total. The Bertz CT molecular complexity index is 305. The van der Waals surface area contributed by atoms with Crippen molar-refractivity contribution in [1.29, 1.82) is 0 Å². The minimum Gasteiger partial charge on any atom is -0.477 e. The van der Waals surface area contributed by atoms with Crippen LogP contribution in [0, 0.1) is 0 Å². The fraction of sp³-hybridized carbons (Fsp3) is 0.545. The zero-order valence-electron chi connectivity index (χ0n) is 8.87. The molecule has 0 saturated heterocycles. The Balaban J connectivity index is 2.47. The molecule has 84 valence electrons. The van der Waals surface area contributed by atoms with E-state index in [-0.39, 0.29) is 6.61 Å². The molecule has 0 aliphatic heterocycles. The van der Waals surface area contributed by atoms with Gasteiger partial charge in [-0.15, -0.1) is 0 Å². The zero-order valence-corrected chi connectivity index (χ0v) is 9.63. The lowest BCUT2D eigenvalue weighted by molar-refractivity contribution is 0.278. The highest BCUT2D eigenvalue weighted by Crippen LogP contribution is 2.22. The van der Waals surface area contributed by atoms with Gasteiger partial charge in [-0.2, -0.15) is 0 Å². The highest BCUT2D eigenvalue weighted by atomic mass is 35.5. The number of hydrogen-bond donors (Lipinski definition) is 1. The van der Waals surface area contributed by atoms with Gasteiger partial charge in [-0.25, -0.2) is 4.98 Å². The van der Waals surface area contributed by atoms with Gasteiger partial charge in [-0.3, -0.25) is 0 Å². The first-order chi connectivity index (χ1) is 7.27. The van der Waals surface area contributed by atoms with Crippen LogP contribution in [-0.2, 0) is 6.61 Å². The quantitative estimate of drug-likeness (QED) is 0.763. The van der Waals surface area contributed by atoms with E-state index in [9.17, 15) is 0 Å². The Kier molecular flexibility index (Phi) is 5.43. The summed E-state index contributed by atoms with van der Waals surface area (Å²) in [5, 5.41) is 9.32. The Labute approximate surface area is 95.1 Å². The van der Waals surface area contributed by atoms with Crippen LogP contribution in [0.15, 0.2) is 12.3 Å². The molecule has 0 amide bonds. The summed E-state index contributed by atoms with van der Waals surface area (Å²) in [5.41, 5.74) is 0.695. The first-order valence-electron chi connectivity index (χ1n) is 5.16. The van der Waals surface area contributed by atoms with Crippen LogP contribution in [0.25, 0.3) is 0 Å². The molecule has 1 aromatic rings. The number of aromatic nitrogens is 1. The number of unbranched alkanes of at least 4 members (excludes halogenated alkanes) is 2. The summed E-state index contributed by atoms with van der Waals surface area (Å²) >= 11 is 5.92. The summed E-state index contributed by atoms with van der Waals surface area (Å²) in [4.78, 5) is 4.03. The Morgan fingerprint density at radius 1 is 1.47 bits per heavy atom. The molecule has 0 radical (unpaired) electrons. The van der Waals surface area contributed by atoms with Gasteiger partial charge in [0.2, 0.25) is 5.88 Å². The van der Waals surface area contributed by atoms with Gasteiger partial charge in [0.1, 0.15) is 5.02 Å². The summed E-state index contributed by atoms with van der Waals surface area (Å²) in [6.45, 7) is 2.73. The highest BCUT2D eigenvalue weighted by Gasteiger charge is 2.03. The average molecular weight is 230 g/mol. The second-order valence-electron chi connectivity index (χ2n) is 3.34. The minimum atomic E-state index is -0.0527. The van der Waals surface area contributed by atoms with Crippen LogP contribution in [0.2, 0.25) is 5.02 Å². The van der Waals surface area contributed by atoms with Crippen molar-refractivity contribution in [2.24, 2.45) is 0 Å². The number of halogens is 1. The molecule has 0 bridgehead atoms. The maximum absolute atomic E-state index is 8.86. The van der Waals surface area contributed by atoms with Crippen molar-refractivity contribution >= 4 is 11.6 Å². The summed E-state index contributed by atoms with van der Waals surface area (Å²) in [6.07, 6.45) is 4.89. The minimum absolute atomic E-state index is 0.0527. The van der Waals surface area contributed by atoms with E-state index in [1.807, 2.05) is 0 Å². The van der Waals surface area contributed by atoms with E-state index in [0.717, 1.165) is 19.3 Å². The van der Waals surface area contributed by atoms with Gasteiger partial charge in [0.15, 0.2) is 0 Å². The molecule has 4 heteroatoms. The maximum Gasteiger partial charge on any atom is 0.232 e. The zero-order chi connectivity index (χ0) is 11.1. The second-order valence-corrected chi connectivity index (χ2v) is 3.75. The van der Waals surface area contributed by atoms with Gasteiger partial charge in [-0.1, -0.05) is 31.4 Å². The maximum atomic E-state index is 8.86. The molecular formula is C11H16ClNO2. The molecule has 15 heavy (non-hydrogen) atoms. The normalized spacial score (nSPS) is 10.3. The largest absolute Gasteiger partial charge is 0.477 e. The van der Waals surface area contributed by atoms with Gasteiger partial charge in [0.25, 0.3) is 0 Å². The van der Waals surface area contributed by atoms with Gasteiger partial charge in [-0.05, 0) is 18.1 Å². The van der Waals surface area contributed by atoms with Gasteiger partial charge in [0, 0.05) is 6.20 Å². The van der Waals surface area contributed by atoms with Crippen LogP contribution in [0.1, 0.15) is 31.7 Å². The number of hydrogen-bond acceptors (Lipinski definition) is 3. The summed E-state index contributed by atoms with van der Waals surface area (Å²) < 4.78 is 5.41. The number of ether oxygens (including phenoxy) is 1. The molecule has 0 atom stereocenters. The molecule has 0 aliphatic carbocycles. The summed E-state index contributed by atoms with van der Waals surface area (Å²) in [6, 6.07) is 1.67. The number of aliphatic hydroxyl groups is 1. The fourth-order valence-electron chi connectivity index (χ4n) is 1.18. The number of aliphatic hydroxyl groups excluding tert-OH is 1. The monoisotopic (exact) mass is 229 g/mol. The van der Waals surface area contributed by atoms with E-state index in [1.165, 1.54) is 0 Å². The van der Waals surface area contributed by atoms with Crippen LogP contribution in [-0.4, -0.2) is 16.7 Å². The smallest absolute Gasteiger partial charge is 0.232 e. The highest BCUT2D eigenvalue weighted by molar-refractivity contribution is 6.31. The van der Waals surface area contributed by atoms with Crippen LogP contribution >= 0.6 is 11.6 Å². The van der Waals surface area contributed by atoms with E-state index in [4.69, 9.17) is 21.4 Å². The van der Waals surface area contributed by atoms with Gasteiger partial charge in [0.05, 0.1) is 13.2 Å². The molecule has 1 aromatic heterocycles. The lowest BCUT2D eigenvalue weighted by Crippen LogP contribution is -2.00. The fourth-order valence-corrected chi connectivity index (χ4v) is 1.42. The summed E-state index contributed by atoms with van der Waals surface area (Å²) in [5.74, 6) is 0.449. The topological polar surface area (TPSA) is 42.4 Å². The van der Waals surface area contributed by atoms with Crippen LogP contribution in [0.4, 0.5) is 0 Å². The molecule has 0 saturated carbocycles. The third-order valence-corrected chi connectivity index (χ3v) is 2.30. The van der Waals surface area contributed by atoms with E-state index in [1.54, 1.807) is 12.3 Å². The predicted molar refractivity (Wildman–Crippen MR) is 60.2 cm³/mol. The van der Waals surface area contributed by atoms with Crippen molar-refractivity contribution in [2.75, 3.05) is 6.61 Å². The molecule has 1 rings (SSSR count). The van der Waals surface area contributed by atoms with Crippen molar-refractivity contribution < 1.29 is 9.84 Å². The third-order valence-electron chi connectivity index (χ3n) is 2.03. The van der Waals surface area contributed by atoms with Crippen molar-refractivity contribution in [2.45, 2.75) is 32.8 Å². The van der Waals surface area contributed by atoms with Crippen LogP contribution < -0.4 is 4.74 Å².